The Bertz CT molecular complexity index is 748. The molecule has 2 aromatic carbocycles. The van der Waals surface area contributed by atoms with Crippen molar-refractivity contribution in [2.24, 2.45) is 0 Å². The maximum absolute atomic E-state index is 13.9. The van der Waals surface area contributed by atoms with Gasteiger partial charge < -0.3 is 5.11 Å². The summed E-state index contributed by atoms with van der Waals surface area (Å²) in [5, 5.41) is 8.94. The van der Waals surface area contributed by atoms with E-state index in [-0.39, 0.29) is 16.9 Å². The highest BCUT2D eigenvalue weighted by atomic mass is 32.2. The van der Waals surface area contributed by atoms with Gasteiger partial charge in [0.1, 0.15) is 5.82 Å². The lowest BCUT2D eigenvalue weighted by atomic mass is 10.1. The van der Waals surface area contributed by atoms with E-state index in [2.05, 4.69) is 0 Å². The first kappa shape index (κ1) is 15.0. The smallest absolute Gasteiger partial charge is 0.335 e. The molecule has 0 unspecified atom stereocenters. The van der Waals surface area contributed by atoms with Gasteiger partial charge in [-0.3, -0.25) is 0 Å². The summed E-state index contributed by atoms with van der Waals surface area (Å²) < 4.78 is 37.6. The third kappa shape index (κ3) is 3.19. The van der Waals surface area contributed by atoms with Gasteiger partial charge in [-0.05, 0) is 37.3 Å². The fraction of sp³-hybridized carbons (Fsp3) is 0.0714. The highest BCUT2D eigenvalue weighted by Crippen LogP contribution is 2.29. The van der Waals surface area contributed by atoms with Crippen LogP contribution in [-0.4, -0.2) is 19.5 Å². The van der Waals surface area contributed by atoms with Crippen LogP contribution in [0.5, 0.6) is 0 Å². The van der Waals surface area contributed by atoms with Crippen molar-refractivity contribution in [2.45, 2.75) is 6.92 Å². The van der Waals surface area contributed by atoms with Gasteiger partial charge in [0.25, 0.3) is 0 Å². The Morgan fingerprint density at radius 2 is 1.76 bits per heavy atom. The minimum absolute atomic E-state index is 0.194. The molecule has 0 heterocycles. The number of aromatic carboxylic acids is 1. The summed E-state index contributed by atoms with van der Waals surface area (Å²) in [5.74, 6) is -2.08. The van der Waals surface area contributed by atoms with E-state index in [0.717, 1.165) is 28.1 Å². The molecule has 2 aromatic rings. The number of halogens is 1. The standard InChI is InChI=1S/C14H12FNO4S/c1-9-2-5-11(6-3-9)16(21(19)20)13-8-10(14(17)18)4-7-12(13)15/h2-8,21H,1H3,(H,17,18). The normalized spacial score (nSPS) is 10.6. The van der Waals surface area contributed by atoms with E-state index in [1.54, 1.807) is 12.1 Å². The highest BCUT2D eigenvalue weighted by Gasteiger charge is 2.18. The van der Waals surface area contributed by atoms with Crippen molar-refractivity contribution in [3.05, 3.63) is 59.4 Å². The summed E-state index contributed by atoms with van der Waals surface area (Å²) in [4.78, 5) is 10.9. The van der Waals surface area contributed by atoms with Crippen molar-refractivity contribution in [3.8, 4) is 0 Å². The number of benzene rings is 2. The van der Waals surface area contributed by atoms with Crippen LogP contribution in [0.1, 0.15) is 15.9 Å². The second-order valence-electron chi connectivity index (χ2n) is 4.36. The Hall–Kier alpha value is -2.41. The first-order chi connectivity index (χ1) is 9.90. The maximum atomic E-state index is 13.9. The molecule has 0 aliphatic rings. The van der Waals surface area contributed by atoms with E-state index in [1.165, 1.54) is 12.1 Å². The molecular weight excluding hydrogens is 297 g/mol. The number of hydrogen-bond acceptors (Lipinski definition) is 3. The molecule has 7 heteroatoms. The predicted octanol–water partition coefficient (Wildman–Crippen LogP) is 2.50. The van der Waals surface area contributed by atoms with E-state index in [4.69, 9.17) is 5.11 Å². The van der Waals surface area contributed by atoms with Crippen LogP contribution in [0.4, 0.5) is 15.8 Å². The Kier molecular flexibility index (Phi) is 4.23. The van der Waals surface area contributed by atoms with Gasteiger partial charge in [0.05, 0.1) is 16.9 Å². The van der Waals surface area contributed by atoms with Crippen LogP contribution < -0.4 is 4.31 Å². The monoisotopic (exact) mass is 309 g/mol. The Morgan fingerprint density at radius 1 is 1.14 bits per heavy atom. The van der Waals surface area contributed by atoms with Gasteiger partial charge in [-0.15, -0.1) is 0 Å². The summed E-state index contributed by atoms with van der Waals surface area (Å²) in [6, 6.07) is 9.40. The van der Waals surface area contributed by atoms with Crippen LogP contribution in [0.2, 0.25) is 0 Å². The highest BCUT2D eigenvalue weighted by molar-refractivity contribution is 7.74. The number of carboxylic acid groups (broad SMARTS) is 1. The molecule has 0 spiro atoms. The second-order valence-corrected chi connectivity index (χ2v) is 5.23. The molecule has 0 fully saturated rings. The number of nitrogens with zero attached hydrogens (tertiary/aromatic N) is 1. The molecule has 0 radical (unpaired) electrons. The van der Waals surface area contributed by atoms with Crippen LogP contribution in [0.3, 0.4) is 0 Å². The van der Waals surface area contributed by atoms with E-state index in [0.29, 0.717) is 0 Å². The molecule has 0 aliphatic heterocycles. The van der Waals surface area contributed by atoms with Gasteiger partial charge in [-0.1, -0.05) is 17.7 Å². The third-order valence-electron chi connectivity index (χ3n) is 2.86. The zero-order valence-electron chi connectivity index (χ0n) is 11.0. The van der Waals surface area contributed by atoms with Gasteiger partial charge in [0, 0.05) is 0 Å². The van der Waals surface area contributed by atoms with E-state index < -0.39 is 22.7 Å². The molecule has 5 nitrogen and oxygen atoms in total. The maximum Gasteiger partial charge on any atom is 0.335 e. The summed E-state index contributed by atoms with van der Waals surface area (Å²) >= 11 is 0. The number of thiol groups is 1. The van der Waals surface area contributed by atoms with E-state index in [9.17, 15) is 17.6 Å². The molecule has 0 atom stereocenters. The van der Waals surface area contributed by atoms with Gasteiger partial charge in [0.2, 0.25) is 10.9 Å². The van der Waals surface area contributed by atoms with E-state index in [1.807, 2.05) is 6.92 Å². The topological polar surface area (TPSA) is 74.7 Å². The first-order valence-electron chi connectivity index (χ1n) is 5.94. The molecule has 0 aromatic heterocycles. The lowest BCUT2D eigenvalue weighted by Gasteiger charge is -2.19. The van der Waals surface area contributed by atoms with Gasteiger partial charge in [-0.25, -0.2) is 21.9 Å². The predicted molar refractivity (Wildman–Crippen MR) is 77.0 cm³/mol. The average Bonchev–Trinajstić information content (AvgIpc) is 2.42. The Balaban J connectivity index is 2.60. The van der Waals surface area contributed by atoms with Gasteiger partial charge in [0.15, 0.2) is 0 Å². The molecule has 0 saturated heterocycles. The van der Waals surface area contributed by atoms with Crippen LogP contribution in [-0.2, 0) is 10.9 Å². The van der Waals surface area contributed by atoms with Crippen molar-refractivity contribution < 1.29 is 22.7 Å². The van der Waals surface area contributed by atoms with Crippen LogP contribution in [0, 0.1) is 12.7 Å². The quantitative estimate of drug-likeness (QED) is 0.851. The van der Waals surface area contributed by atoms with Gasteiger partial charge in [-0.2, -0.15) is 0 Å². The fourth-order valence-electron chi connectivity index (χ4n) is 1.82. The second kappa shape index (κ2) is 5.92. The Labute approximate surface area is 122 Å². The number of carboxylic acids is 1. The minimum atomic E-state index is -3.17. The molecule has 1 N–H and O–H groups in total. The molecule has 0 saturated carbocycles. The van der Waals surface area contributed by atoms with Crippen molar-refractivity contribution in [1.82, 2.24) is 0 Å². The molecule has 0 bridgehead atoms. The molecule has 21 heavy (non-hydrogen) atoms. The number of rotatable bonds is 4. The molecule has 0 amide bonds. The lowest BCUT2D eigenvalue weighted by Crippen LogP contribution is -2.16. The van der Waals surface area contributed by atoms with Crippen molar-refractivity contribution in [2.75, 3.05) is 4.31 Å². The first-order valence-corrected chi connectivity index (χ1v) is 7.07. The third-order valence-corrected chi connectivity index (χ3v) is 3.64. The van der Waals surface area contributed by atoms with Crippen LogP contribution in [0.25, 0.3) is 0 Å². The summed E-state index contributed by atoms with van der Waals surface area (Å²) in [5.41, 5.74) is 0.632. The fourth-order valence-corrected chi connectivity index (χ4v) is 2.47. The molecule has 2 rings (SSSR count). The average molecular weight is 309 g/mol. The number of anilines is 2. The minimum Gasteiger partial charge on any atom is -0.478 e. The number of hydrogen-bond donors (Lipinski definition) is 2. The van der Waals surface area contributed by atoms with Crippen LogP contribution >= 0.6 is 0 Å². The summed E-state index contributed by atoms with van der Waals surface area (Å²) in [6.07, 6.45) is 0. The van der Waals surface area contributed by atoms with Crippen LogP contribution in [0.15, 0.2) is 42.5 Å². The largest absolute Gasteiger partial charge is 0.478 e. The number of aryl methyl sites for hydroxylation is 1. The zero-order valence-corrected chi connectivity index (χ0v) is 11.9. The zero-order chi connectivity index (χ0) is 15.6. The summed E-state index contributed by atoms with van der Waals surface area (Å²) in [7, 11) is -3.17. The Morgan fingerprint density at radius 3 is 2.29 bits per heavy atom. The molecule has 0 aliphatic carbocycles. The SMILES string of the molecule is Cc1ccc(N(c2cc(C(=O)O)ccc2F)[SH](=O)=O)cc1. The van der Waals surface area contributed by atoms with Crippen molar-refractivity contribution in [3.63, 3.8) is 0 Å². The molecular formula is C14H12FNO4S. The van der Waals surface area contributed by atoms with Crippen molar-refractivity contribution >= 4 is 28.2 Å². The summed E-state index contributed by atoms with van der Waals surface area (Å²) in [6.45, 7) is 1.83. The number of carbonyl (C=O) groups is 1. The van der Waals surface area contributed by atoms with E-state index >= 15 is 0 Å². The molecule has 110 valence electrons. The van der Waals surface area contributed by atoms with Crippen molar-refractivity contribution in [1.29, 1.82) is 0 Å². The van der Waals surface area contributed by atoms with Gasteiger partial charge >= 0.3 is 5.97 Å². The lowest BCUT2D eigenvalue weighted by molar-refractivity contribution is 0.0697.